The molecule has 7 heteroatoms. The topological polar surface area (TPSA) is 85.0 Å². The van der Waals surface area contributed by atoms with Gasteiger partial charge in [-0.05, 0) is 26.2 Å². The second-order valence-corrected chi connectivity index (χ2v) is 5.40. The van der Waals surface area contributed by atoms with E-state index < -0.39 is 0 Å². The second-order valence-electron chi connectivity index (χ2n) is 5.40. The van der Waals surface area contributed by atoms with Crippen molar-refractivity contribution in [1.82, 2.24) is 19.9 Å². The molecular formula is C14H19N5O2. The van der Waals surface area contributed by atoms with Crippen LogP contribution in [0.3, 0.4) is 0 Å². The minimum Gasteiger partial charge on any atom is -0.428 e. The molecule has 0 radical (unpaired) electrons. The number of fused-ring (bicyclic) bond motifs is 1. The quantitative estimate of drug-likeness (QED) is 0.903. The van der Waals surface area contributed by atoms with Crippen LogP contribution < -0.4 is 10.6 Å². The van der Waals surface area contributed by atoms with Crippen LogP contribution in [0.4, 0.5) is 10.8 Å². The fourth-order valence-electron chi connectivity index (χ4n) is 2.51. The van der Waals surface area contributed by atoms with Gasteiger partial charge in [0.25, 0.3) is 0 Å². The number of hydrogen-bond donors (Lipinski definition) is 2. The first kappa shape index (κ1) is 13.7. The molecule has 112 valence electrons. The summed E-state index contributed by atoms with van der Waals surface area (Å²) in [5.74, 6) is 2.26. The Morgan fingerprint density at radius 3 is 3.14 bits per heavy atom. The summed E-state index contributed by atoms with van der Waals surface area (Å²) >= 11 is 0. The van der Waals surface area contributed by atoms with E-state index >= 15 is 0 Å². The summed E-state index contributed by atoms with van der Waals surface area (Å²) in [6.07, 6.45) is 5.80. The lowest BCUT2D eigenvalue weighted by Gasteiger charge is -2.23. The number of urea groups is 1. The van der Waals surface area contributed by atoms with Gasteiger partial charge in [-0.3, -0.25) is 5.32 Å². The molecule has 21 heavy (non-hydrogen) atoms. The molecule has 2 N–H and O–H groups in total. The zero-order valence-electron chi connectivity index (χ0n) is 12.2. The molecule has 0 unspecified atom stereocenters. The number of imidazole rings is 1. The number of rotatable bonds is 3. The van der Waals surface area contributed by atoms with Gasteiger partial charge >= 0.3 is 12.0 Å². The summed E-state index contributed by atoms with van der Waals surface area (Å²) < 4.78 is 7.46. The Labute approximate surface area is 122 Å². The molecule has 2 aromatic heterocycles. The molecule has 0 saturated heterocycles. The highest BCUT2D eigenvalue weighted by Gasteiger charge is 2.19. The van der Waals surface area contributed by atoms with Gasteiger partial charge in [-0.15, -0.1) is 0 Å². The predicted molar refractivity (Wildman–Crippen MR) is 77.0 cm³/mol. The minimum absolute atomic E-state index is 0.239. The van der Waals surface area contributed by atoms with Gasteiger partial charge in [0, 0.05) is 31.9 Å². The van der Waals surface area contributed by atoms with Crippen molar-refractivity contribution in [1.29, 1.82) is 0 Å². The van der Waals surface area contributed by atoms with E-state index in [9.17, 15) is 4.79 Å². The second kappa shape index (κ2) is 5.59. The molecule has 0 bridgehead atoms. The minimum atomic E-state index is -0.285. The number of hydrogen-bond acceptors (Lipinski definition) is 4. The monoisotopic (exact) mass is 289 g/mol. The summed E-state index contributed by atoms with van der Waals surface area (Å²) in [6.45, 7) is 5.18. The zero-order chi connectivity index (χ0) is 14.8. The van der Waals surface area contributed by atoms with E-state index in [0.717, 1.165) is 30.9 Å². The van der Waals surface area contributed by atoms with Gasteiger partial charge in [0.05, 0.1) is 5.69 Å². The van der Waals surface area contributed by atoms with Gasteiger partial charge < -0.3 is 14.3 Å². The van der Waals surface area contributed by atoms with Crippen LogP contribution in [-0.4, -0.2) is 27.1 Å². The van der Waals surface area contributed by atoms with Crippen LogP contribution in [0.25, 0.3) is 0 Å². The van der Waals surface area contributed by atoms with E-state index in [1.807, 2.05) is 26.2 Å². The molecule has 3 rings (SSSR count). The SMILES string of the molecule is Cc1nc(NC(=O)NC[C@@H]2CCc3nccn3C2)oc1C. The first-order valence-corrected chi connectivity index (χ1v) is 7.10. The molecule has 7 nitrogen and oxygen atoms in total. The molecule has 2 aromatic rings. The van der Waals surface area contributed by atoms with Crippen LogP contribution >= 0.6 is 0 Å². The molecule has 0 saturated carbocycles. The zero-order valence-corrected chi connectivity index (χ0v) is 12.2. The van der Waals surface area contributed by atoms with E-state index in [2.05, 4.69) is 25.2 Å². The van der Waals surface area contributed by atoms with Gasteiger partial charge in [0.2, 0.25) is 0 Å². The van der Waals surface area contributed by atoms with Crippen LogP contribution in [0.1, 0.15) is 23.7 Å². The van der Waals surface area contributed by atoms with Crippen LogP contribution in [0.5, 0.6) is 0 Å². The molecule has 0 aromatic carbocycles. The summed E-state index contributed by atoms with van der Waals surface area (Å²) in [4.78, 5) is 20.2. The molecule has 0 fully saturated rings. The Bertz CT molecular complexity index is 626. The van der Waals surface area contributed by atoms with Crippen molar-refractivity contribution in [2.75, 3.05) is 11.9 Å². The number of anilines is 1. The molecular weight excluding hydrogens is 270 g/mol. The van der Waals surface area contributed by atoms with Crippen molar-refractivity contribution in [2.45, 2.75) is 33.2 Å². The Kier molecular flexibility index (Phi) is 3.64. The maximum absolute atomic E-state index is 11.8. The van der Waals surface area contributed by atoms with Gasteiger partial charge in [-0.25, -0.2) is 9.78 Å². The van der Waals surface area contributed by atoms with Crippen LogP contribution in [0.2, 0.25) is 0 Å². The fraction of sp³-hybridized carbons (Fsp3) is 0.500. The summed E-state index contributed by atoms with van der Waals surface area (Å²) in [5, 5.41) is 5.48. The summed E-state index contributed by atoms with van der Waals surface area (Å²) in [5.41, 5.74) is 0.783. The Morgan fingerprint density at radius 2 is 2.38 bits per heavy atom. The van der Waals surface area contributed by atoms with Gasteiger partial charge in [-0.1, -0.05) is 0 Å². The van der Waals surface area contributed by atoms with Crippen LogP contribution in [0, 0.1) is 19.8 Å². The number of carbonyl (C=O) groups is 1. The van der Waals surface area contributed by atoms with Gasteiger partial charge in [-0.2, -0.15) is 4.98 Å². The Balaban J connectivity index is 1.48. The highest BCUT2D eigenvalue weighted by atomic mass is 16.4. The molecule has 3 heterocycles. The molecule has 1 atom stereocenters. The normalized spacial score (nSPS) is 17.3. The molecule has 1 aliphatic heterocycles. The highest BCUT2D eigenvalue weighted by Crippen LogP contribution is 2.18. The fourth-order valence-corrected chi connectivity index (χ4v) is 2.51. The average Bonchev–Trinajstić information content (AvgIpc) is 3.03. The molecule has 2 amide bonds. The lowest BCUT2D eigenvalue weighted by Crippen LogP contribution is -2.36. The largest absolute Gasteiger partial charge is 0.428 e. The van der Waals surface area contributed by atoms with Crippen molar-refractivity contribution in [3.63, 3.8) is 0 Å². The van der Waals surface area contributed by atoms with E-state index in [1.54, 1.807) is 0 Å². The molecule has 0 spiro atoms. The molecule has 0 aliphatic carbocycles. The first-order chi connectivity index (χ1) is 10.1. The van der Waals surface area contributed by atoms with Crippen molar-refractivity contribution < 1.29 is 9.21 Å². The maximum atomic E-state index is 11.8. The number of oxazole rings is 1. The standard InChI is InChI=1S/C14H19N5O2/c1-9-10(2)21-14(17-9)18-13(20)16-7-11-3-4-12-15-5-6-19(12)8-11/h5-6,11H,3-4,7-8H2,1-2H3,(H2,16,17,18,20)/t11-/m0/s1. The third-order valence-electron chi connectivity index (χ3n) is 3.83. The predicted octanol–water partition coefficient (Wildman–Crippen LogP) is 1.87. The van der Waals surface area contributed by atoms with E-state index in [0.29, 0.717) is 18.2 Å². The van der Waals surface area contributed by atoms with E-state index in [4.69, 9.17) is 4.42 Å². The lowest BCUT2D eigenvalue weighted by molar-refractivity contribution is 0.247. The summed E-state index contributed by atoms with van der Waals surface area (Å²) in [7, 11) is 0. The molecule has 1 aliphatic rings. The Hall–Kier alpha value is -2.31. The number of nitrogens with zero attached hydrogens (tertiary/aromatic N) is 3. The number of carbonyl (C=O) groups excluding carboxylic acids is 1. The van der Waals surface area contributed by atoms with Gasteiger partial charge in [0.1, 0.15) is 11.6 Å². The van der Waals surface area contributed by atoms with Crippen LogP contribution in [-0.2, 0) is 13.0 Å². The number of amides is 2. The Morgan fingerprint density at radius 1 is 1.52 bits per heavy atom. The number of nitrogens with one attached hydrogen (secondary N) is 2. The van der Waals surface area contributed by atoms with E-state index in [-0.39, 0.29) is 12.0 Å². The van der Waals surface area contributed by atoms with Crippen molar-refractivity contribution in [3.05, 3.63) is 29.7 Å². The lowest BCUT2D eigenvalue weighted by atomic mass is 9.99. The third kappa shape index (κ3) is 3.07. The maximum Gasteiger partial charge on any atom is 0.322 e. The van der Waals surface area contributed by atoms with Crippen molar-refractivity contribution in [3.8, 4) is 0 Å². The van der Waals surface area contributed by atoms with Crippen molar-refractivity contribution >= 4 is 12.0 Å². The number of aromatic nitrogens is 3. The highest BCUT2D eigenvalue weighted by molar-refractivity contribution is 5.86. The van der Waals surface area contributed by atoms with Gasteiger partial charge in [0.15, 0.2) is 0 Å². The van der Waals surface area contributed by atoms with Crippen molar-refractivity contribution in [2.24, 2.45) is 5.92 Å². The summed E-state index contributed by atoms with van der Waals surface area (Å²) in [6, 6.07) is -0.0456. The smallest absolute Gasteiger partial charge is 0.322 e. The van der Waals surface area contributed by atoms with Crippen LogP contribution in [0.15, 0.2) is 16.8 Å². The first-order valence-electron chi connectivity index (χ1n) is 7.10. The van der Waals surface area contributed by atoms with E-state index in [1.165, 1.54) is 0 Å². The number of aryl methyl sites for hydroxylation is 3. The third-order valence-corrected chi connectivity index (χ3v) is 3.83. The average molecular weight is 289 g/mol.